The van der Waals surface area contributed by atoms with E-state index >= 15 is 0 Å². The van der Waals surface area contributed by atoms with E-state index < -0.39 is 27.8 Å². The summed E-state index contributed by atoms with van der Waals surface area (Å²) in [5.74, 6) is -0.808. The number of rotatable bonds is 10. The summed E-state index contributed by atoms with van der Waals surface area (Å²) in [6.07, 6.45) is 4.17. The number of carbonyl (C=O) groups excluding carboxylic acids is 2. The van der Waals surface area contributed by atoms with Gasteiger partial charge >= 0.3 is 5.97 Å². The molecule has 2 heterocycles. The van der Waals surface area contributed by atoms with Crippen molar-refractivity contribution in [1.82, 2.24) is 15.0 Å². The average Bonchev–Trinajstić information content (AvgIpc) is 2.84. The summed E-state index contributed by atoms with van der Waals surface area (Å²) in [7, 11) is -2.28. The molecule has 0 aliphatic carbocycles. The molecule has 1 amide bonds. The quantitative estimate of drug-likeness (QED) is 0.278. The van der Waals surface area contributed by atoms with Crippen LogP contribution in [0.5, 0.6) is 0 Å². The third-order valence-electron chi connectivity index (χ3n) is 5.01. The van der Waals surface area contributed by atoms with Crippen LogP contribution < -0.4 is 10.6 Å². The Morgan fingerprint density at radius 2 is 1.75 bits per heavy atom. The van der Waals surface area contributed by atoms with Gasteiger partial charge in [0.15, 0.2) is 14.9 Å². The number of esters is 1. The first-order valence-corrected chi connectivity index (χ1v) is 13.1. The lowest BCUT2D eigenvalue weighted by molar-refractivity contribution is -0.140. The second-order valence-electron chi connectivity index (χ2n) is 7.59. The van der Waals surface area contributed by atoms with Gasteiger partial charge in [-0.25, -0.2) is 18.4 Å². The van der Waals surface area contributed by atoms with Crippen LogP contribution in [0.15, 0.2) is 54.1 Å². The minimum atomic E-state index is -3.55. The molecule has 0 aliphatic heterocycles. The van der Waals surface area contributed by atoms with Crippen molar-refractivity contribution in [3.05, 3.63) is 70.2 Å². The molecule has 0 radical (unpaired) electrons. The van der Waals surface area contributed by atoms with Crippen LogP contribution in [0.25, 0.3) is 0 Å². The Balaban J connectivity index is 1.82. The van der Waals surface area contributed by atoms with Crippen molar-refractivity contribution in [3.8, 4) is 0 Å². The third-order valence-corrected chi connectivity index (χ3v) is 7.38. The maximum absolute atomic E-state index is 12.6. The summed E-state index contributed by atoms with van der Waals surface area (Å²) in [5, 5.41) is 5.90. The average molecular weight is 552 g/mol. The maximum atomic E-state index is 12.6. The van der Waals surface area contributed by atoms with E-state index in [1.165, 1.54) is 25.6 Å². The van der Waals surface area contributed by atoms with Gasteiger partial charge in [0, 0.05) is 24.1 Å². The molecule has 0 fully saturated rings. The number of benzene rings is 1. The smallest absolute Gasteiger partial charge is 0.307 e. The summed E-state index contributed by atoms with van der Waals surface area (Å²) < 4.78 is 29.6. The topological polar surface area (TPSA) is 140 Å². The van der Waals surface area contributed by atoms with Crippen LogP contribution in [-0.4, -0.2) is 48.1 Å². The Morgan fingerprint density at radius 3 is 2.36 bits per heavy atom. The monoisotopic (exact) mass is 551 g/mol. The molecule has 10 nitrogen and oxygen atoms in total. The summed E-state index contributed by atoms with van der Waals surface area (Å²) in [6.45, 7) is 1.76. The summed E-state index contributed by atoms with van der Waals surface area (Å²) in [6, 6.07) is 7.39. The zero-order chi connectivity index (χ0) is 26.3. The Hall–Kier alpha value is -3.28. The van der Waals surface area contributed by atoms with Gasteiger partial charge in [-0.05, 0) is 24.1 Å². The minimum absolute atomic E-state index is 0.0435. The van der Waals surface area contributed by atoms with Crippen LogP contribution in [0.3, 0.4) is 0 Å². The number of hydrogen-bond acceptors (Lipinski definition) is 9. The zero-order valence-corrected chi connectivity index (χ0v) is 21.7. The number of methoxy groups -OCH3 is 1. The van der Waals surface area contributed by atoms with E-state index in [9.17, 15) is 18.0 Å². The maximum Gasteiger partial charge on any atom is 0.307 e. The van der Waals surface area contributed by atoms with Gasteiger partial charge in [-0.15, -0.1) is 0 Å². The van der Waals surface area contributed by atoms with Gasteiger partial charge in [0.1, 0.15) is 12.1 Å². The molecule has 0 aliphatic rings. The van der Waals surface area contributed by atoms with Gasteiger partial charge in [-0.3, -0.25) is 14.6 Å². The van der Waals surface area contributed by atoms with Crippen molar-refractivity contribution in [2.75, 3.05) is 23.5 Å². The molecule has 13 heteroatoms. The number of nitrogens with zero attached hydrogens (tertiary/aromatic N) is 3. The van der Waals surface area contributed by atoms with E-state index in [0.29, 0.717) is 17.7 Å². The highest BCUT2D eigenvalue weighted by atomic mass is 35.5. The Labute approximate surface area is 218 Å². The van der Waals surface area contributed by atoms with Crippen LogP contribution in [0.4, 0.5) is 11.5 Å². The van der Waals surface area contributed by atoms with Crippen LogP contribution in [0.1, 0.15) is 41.7 Å². The highest BCUT2D eigenvalue weighted by Crippen LogP contribution is 2.27. The van der Waals surface area contributed by atoms with Crippen molar-refractivity contribution in [2.24, 2.45) is 0 Å². The SMILES string of the molecule is CCCS(=O)(=O)c1cc(NC(CC(=O)OC)c2ccc(NC(=O)c3c(Cl)cncc3Cl)cc2)ncn1. The van der Waals surface area contributed by atoms with Crippen molar-refractivity contribution in [3.63, 3.8) is 0 Å². The van der Waals surface area contributed by atoms with Crippen LogP contribution in [0, 0.1) is 0 Å². The number of pyridine rings is 1. The second kappa shape index (κ2) is 12.1. The Morgan fingerprint density at radius 1 is 1.08 bits per heavy atom. The van der Waals surface area contributed by atoms with Crippen molar-refractivity contribution < 1.29 is 22.7 Å². The van der Waals surface area contributed by atoms with E-state index in [2.05, 4.69) is 25.6 Å². The van der Waals surface area contributed by atoms with E-state index in [-0.39, 0.29) is 38.6 Å². The van der Waals surface area contributed by atoms with Gasteiger partial charge in [0.2, 0.25) is 0 Å². The molecule has 2 N–H and O–H groups in total. The number of carbonyl (C=O) groups is 2. The summed E-state index contributed by atoms with van der Waals surface area (Å²) in [4.78, 5) is 36.5. The van der Waals surface area contributed by atoms with E-state index in [4.69, 9.17) is 27.9 Å². The number of aromatic nitrogens is 3. The number of sulfone groups is 1. The predicted molar refractivity (Wildman–Crippen MR) is 136 cm³/mol. The molecule has 36 heavy (non-hydrogen) atoms. The highest BCUT2D eigenvalue weighted by Gasteiger charge is 2.21. The number of hydrogen-bond donors (Lipinski definition) is 2. The zero-order valence-electron chi connectivity index (χ0n) is 19.4. The van der Waals surface area contributed by atoms with Crippen molar-refractivity contribution in [2.45, 2.75) is 30.8 Å². The first-order chi connectivity index (χ1) is 17.1. The standard InChI is InChI=1S/C23H23Cl2N5O5S/c1-3-8-36(33,34)20-10-19(27-13-28-20)30-18(9-21(31)35-2)14-4-6-15(7-5-14)29-23(32)22-16(24)11-26-12-17(22)25/h4-7,10-13,18H,3,8-9H2,1-2H3,(H,29,32)(H,27,28,30). The van der Waals surface area contributed by atoms with Crippen LogP contribution in [-0.2, 0) is 19.4 Å². The van der Waals surface area contributed by atoms with Gasteiger partial charge in [-0.2, -0.15) is 0 Å². The first-order valence-electron chi connectivity index (χ1n) is 10.7. The molecule has 190 valence electrons. The summed E-state index contributed by atoms with van der Waals surface area (Å²) in [5.41, 5.74) is 1.22. The molecule has 0 saturated heterocycles. The molecule has 0 spiro atoms. The van der Waals surface area contributed by atoms with Crippen molar-refractivity contribution >= 4 is 56.4 Å². The minimum Gasteiger partial charge on any atom is -0.469 e. The number of ether oxygens (including phenoxy) is 1. The van der Waals surface area contributed by atoms with E-state index in [1.54, 1.807) is 31.2 Å². The molecular formula is C23H23Cl2N5O5S. The van der Waals surface area contributed by atoms with E-state index in [1.807, 2.05) is 0 Å². The number of anilines is 2. The molecule has 0 bridgehead atoms. The van der Waals surface area contributed by atoms with Crippen LogP contribution >= 0.6 is 23.2 Å². The highest BCUT2D eigenvalue weighted by molar-refractivity contribution is 7.91. The lowest BCUT2D eigenvalue weighted by atomic mass is 10.0. The first kappa shape index (κ1) is 27.3. The molecular weight excluding hydrogens is 529 g/mol. The number of halogens is 2. The Bertz CT molecular complexity index is 1330. The molecule has 0 saturated carbocycles. The predicted octanol–water partition coefficient (Wildman–Crippen LogP) is 4.33. The summed E-state index contributed by atoms with van der Waals surface area (Å²) >= 11 is 12.1. The van der Waals surface area contributed by atoms with Gasteiger partial charge in [0.25, 0.3) is 5.91 Å². The molecule has 1 aromatic carbocycles. The van der Waals surface area contributed by atoms with Crippen molar-refractivity contribution in [1.29, 1.82) is 0 Å². The number of amides is 1. The second-order valence-corrected chi connectivity index (χ2v) is 10.5. The van der Waals surface area contributed by atoms with Gasteiger partial charge in [0.05, 0.1) is 40.9 Å². The van der Waals surface area contributed by atoms with E-state index in [0.717, 1.165) is 6.33 Å². The van der Waals surface area contributed by atoms with Gasteiger partial charge in [-0.1, -0.05) is 42.3 Å². The van der Waals surface area contributed by atoms with Gasteiger partial charge < -0.3 is 15.4 Å². The molecule has 3 rings (SSSR count). The fourth-order valence-corrected chi connectivity index (χ4v) is 5.04. The number of nitrogens with one attached hydrogen (secondary N) is 2. The molecule has 2 aromatic heterocycles. The molecule has 1 atom stereocenters. The largest absolute Gasteiger partial charge is 0.469 e. The third kappa shape index (κ3) is 6.90. The fraction of sp³-hybridized carbons (Fsp3) is 0.261. The lowest BCUT2D eigenvalue weighted by Crippen LogP contribution is -2.18. The van der Waals surface area contributed by atoms with Crippen LogP contribution in [0.2, 0.25) is 10.0 Å². The fourth-order valence-electron chi connectivity index (χ4n) is 3.26. The normalized spacial score (nSPS) is 12.0. The molecule has 3 aromatic rings. The lowest BCUT2D eigenvalue weighted by Gasteiger charge is -2.19. The Kier molecular flexibility index (Phi) is 9.19. The molecule has 1 unspecified atom stereocenters.